The fourth-order valence-electron chi connectivity index (χ4n) is 1.67. The zero-order valence-electron chi connectivity index (χ0n) is 7.66. The van der Waals surface area contributed by atoms with Gasteiger partial charge in [-0.2, -0.15) is 0 Å². The maximum absolute atomic E-state index is 10.9. The fourth-order valence-corrected chi connectivity index (χ4v) is 1.67. The van der Waals surface area contributed by atoms with Gasteiger partial charge in [0.15, 0.2) is 0 Å². The predicted octanol–water partition coefficient (Wildman–Crippen LogP) is 0.576. The standard InChI is InChI=1S/C10H12N2O2/c13-10(14)8-4-2-1-3-7(8)9-11-5-6-12-9/h1-4,9,11-12H,5-6H2,(H,13,14). The van der Waals surface area contributed by atoms with Crippen LogP contribution in [0.4, 0.5) is 0 Å². The van der Waals surface area contributed by atoms with Crippen LogP contribution in [0.1, 0.15) is 22.1 Å². The predicted molar refractivity (Wildman–Crippen MR) is 52.1 cm³/mol. The summed E-state index contributed by atoms with van der Waals surface area (Å²) in [6.07, 6.45) is -0.0256. The molecule has 0 radical (unpaired) electrons. The minimum absolute atomic E-state index is 0.0256. The Morgan fingerprint density at radius 2 is 1.93 bits per heavy atom. The highest BCUT2D eigenvalue weighted by Gasteiger charge is 2.20. The third kappa shape index (κ3) is 1.62. The number of carboxylic acids is 1. The molecule has 2 rings (SSSR count). The van der Waals surface area contributed by atoms with Crippen molar-refractivity contribution in [2.45, 2.75) is 6.17 Å². The summed E-state index contributed by atoms with van der Waals surface area (Å²) >= 11 is 0. The molecule has 4 heteroatoms. The van der Waals surface area contributed by atoms with E-state index in [2.05, 4.69) is 10.6 Å². The van der Waals surface area contributed by atoms with E-state index in [9.17, 15) is 4.79 Å². The maximum Gasteiger partial charge on any atom is 0.336 e. The van der Waals surface area contributed by atoms with Gasteiger partial charge in [0.05, 0.1) is 11.7 Å². The number of hydrogen-bond donors (Lipinski definition) is 3. The minimum atomic E-state index is -0.879. The van der Waals surface area contributed by atoms with Crippen LogP contribution in [0.25, 0.3) is 0 Å². The highest BCUT2D eigenvalue weighted by molar-refractivity contribution is 5.89. The number of rotatable bonds is 2. The van der Waals surface area contributed by atoms with Gasteiger partial charge in [-0.1, -0.05) is 18.2 Å². The first kappa shape index (κ1) is 9.18. The lowest BCUT2D eigenvalue weighted by Crippen LogP contribution is -2.23. The van der Waals surface area contributed by atoms with E-state index in [-0.39, 0.29) is 6.17 Å². The second-order valence-electron chi connectivity index (χ2n) is 3.23. The van der Waals surface area contributed by atoms with E-state index in [1.807, 2.05) is 12.1 Å². The van der Waals surface area contributed by atoms with Crippen LogP contribution in [-0.4, -0.2) is 24.2 Å². The number of aromatic carboxylic acids is 1. The van der Waals surface area contributed by atoms with Crippen molar-refractivity contribution >= 4 is 5.97 Å². The Balaban J connectivity index is 2.35. The zero-order valence-corrected chi connectivity index (χ0v) is 7.66. The zero-order chi connectivity index (χ0) is 9.97. The average Bonchev–Trinajstić information content (AvgIpc) is 2.70. The lowest BCUT2D eigenvalue weighted by Gasteiger charge is -2.13. The van der Waals surface area contributed by atoms with E-state index < -0.39 is 5.97 Å². The number of nitrogens with one attached hydrogen (secondary N) is 2. The molecule has 1 fully saturated rings. The van der Waals surface area contributed by atoms with Crippen molar-refractivity contribution < 1.29 is 9.90 Å². The van der Waals surface area contributed by atoms with E-state index in [1.54, 1.807) is 12.1 Å². The fraction of sp³-hybridized carbons (Fsp3) is 0.300. The summed E-state index contributed by atoms with van der Waals surface area (Å²) in [5, 5.41) is 15.4. The first-order chi connectivity index (χ1) is 6.79. The third-order valence-corrected chi connectivity index (χ3v) is 2.32. The summed E-state index contributed by atoms with van der Waals surface area (Å²) in [5.74, 6) is -0.879. The van der Waals surface area contributed by atoms with Crippen LogP contribution >= 0.6 is 0 Å². The molecular formula is C10H12N2O2. The Morgan fingerprint density at radius 3 is 2.57 bits per heavy atom. The smallest absolute Gasteiger partial charge is 0.336 e. The van der Waals surface area contributed by atoms with Gasteiger partial charge in [-0.25, -0.2) is 4.79 Å². The topological polar surface area (TPSA) is 61.4 Å². The molecule has 1 saturated heterocycles. The molecule has 0 unspecified atom stereocenters. The van der Waals surface area contributed by atoms with Crippen molar-refractivity contribution in [3.05, 3.63) is 35.4 Å². The van der Waals surface area contributed by atoms with Crippen LogP contribution in [0.15, 0.2) is 24.3 Å². The quantitative estimate of drug-likeness (QED) is 0.641. The van der Waals surface area contributed by atoms with Gasteiger partial charge in [-0.15, -0.1) is 0 Å². The lowest BCUT2D eigenvalue weighted by atomic mass is 10.1. The minimum Gasteiger partial charge on any atom is -0.478 e. The first-order valence-corrected chi connectivity index (χ1v) is 4.58. The Bertz CT molecular complexity index is 346. The van der Waals surface area contributed by atoms with Gasteiger partial charge in [0.25, 0.3) is 0 Å². The van der Waals surface area contributed by atoms with E-state index in [0.717, 1.165) is 18.7 Å². The molecule has 0 amide bonds. The molecule has 1 aliphatic rings. The highest BCUT2D eigenvalue weighted by Crippen LogP contribution is 2.17. The number of benzene rings is 1. The molecule has 0 aliphatic carbocycles. The van der Waals surface area contributed by atoms with Gasteiger partial charge in [-0.05, 0) is 11.6 Å². The molecule has 0 atom stereocenters. The van der Waals surface area contributed by atoms with Crippen LogP contribution in [-0.2, 0) is 0 Å². The Hall–Kier alpha value is -1.39. The molecule has 1 aliphatic heterocycles. The molecule has 0 aromatic heterocycles. The van der Waals surface area contributed by atoms with E-state index in [4.69, 9.17) is 5.11 Å². The van der Waals surface area contributed by atoms with Gasteiger partial charge < -0.3 is 5.11 Å². The Labute approximate surface area is 81.9 Å². The van der Waals surface area contributed by atoms with Gasteiger partial charge >= 0.3 is 5.97 Å². The second-order valence-corrected chi connectivity index (χ2v) is 3.23. The molecule has 3 N–H and O–H groups in total. The largest absolute Gasteiger partial charge is 0.478 e. The number of carbonyl (C=O) groups is 1. The van der Waals surface area contributed by atoms with Gasteiger partial charge in [-0.3, -0.25) is 10.6 Å². The maximum atomic E-state index is 10.9. The summed E-state index contributed by atoms with van der Waals surface area (Å²) < 4.78 is 0. The number of carboxylic acid groups (broad SMARTS) is 1. The highest BCUT2D eigenvalue weighted by atomic mass is 16.4. The van der Waals surface area contributed by atoms with Gasteiger partial charge in [0.2, 0.25) is 0 Å². The van der Waals surface area contributed by atoms with E-state index in [0.29, 0.717) is 5.56 Å². The van der Waals surface area contributed by atoms with Crippen LogP contribution in [0.5, 0.6) is 0 Å². The van der Waals surface area contributed by atoms with Gasteiger partial charge in [0, 0.05) is 13.1 Å². The molecular weight excluding hydrogens is 180 g/mol. The monoisotopic (exact) mass is 192 g/mol. The third-order valence-electron chi connectivity index (χ3n) is 2.32. The van der Waals surface area contributed by atoms with E-state index >= 15 is 0 Å². The average molecular weight is 192 g/mol. The van der Waals surface area contributed by atoms with Crippen LogP contribution in [0, 0.1) is 0 Å². The molecule has 0 spiro atoms. The normalized spacial score (nSPS) is 17.1. The molecule has 1 heterocycles. The SMILES string of the molecule is O=C(O)c1ccccc1C1NCCN1. The summed E-state index contributed by atoms with van der Waals surface area (Å²) in [7, 11) is 0. The van der Waals surface area contributed by atoms with Crippen molar-refractivity contribution in [1.82, 2.24) is 10.6 Å². The van der Waals surface area contributed by atoms with Crippen molar-refractivity contribution in [1.29, 1.82) is 0 Å². The first-order valence-electron chi connectivity index (χ1n) is 4.58. The van der Waals surface area contributed by atoms with E-state index in [1.165, 1.54) is 0 Å². The molecule has 0 saturated carbocycles. The summed E-state index contributed by atoms with van der Waals surface area (Å²) in [6.45, 7) is 1.75. The summed E-state index contributed by atoms with van der Waals surface area (Å²) in [6, 6.07) is 7.05. The van der Waals surface area contributed by atoms with Crippen LogP contribution in [0.2, 0.25) is 0 Å². The lowest BCUT2D eigenvalue weighted by molar-refractivity contribution is 0.0694. The van der Waals surface area contributed by atoms with Crippen molar-refractivity contribution in [2.75, 3.05) is 13.1 Å². The molecule has 14 heavy (non-hydrogen) atoms. The second kappa shape index (κ2) is 3.77. The Kier molecular flexibility index (Phi) is 2.47. The molecule has 1 aromatic carbocycles. The van der Waals surface area contributed by atoms with Crippen molar-refractivity contribution in [3.8, 4) is 0 Å². The molecule has 1 aromatic rings. The van der Waals surface area contributed by atoms with Crippen LogP contribution in [0.3, 0.4) is 0 Å². The Morgan fingerprint density at radius 1 is 1.29 bits per heavy atom. The summed E-state index contributed by atoms with van der Waals surface area (Å²) in [4.78, 5) is 10.9. The summed E-state index contributed by atoms with van der Waals surface area (Å²) in [5.41, 5.74) is 1.16. The van der Waals surface area contributed by atoms with Gasteiger partial charge in [0.1, 0.15) is 0 Å². The van der Waals surface area contributed by atoms with Crippen molar-refractivity contribution in [3.63, 3.8) is 0 Å². The molecule has 74 valence electrons. The molecule has 0 bridgehead atoms. The van der Waals surface area contributed by atoms with Crippen LogP contribution < -0.4 is 10.6 Å². The number of hydrogen-bond acceptors (Lipinski definition) is 3. The molecule has 4 nitrogen and oxygen atoms in total. The van der Waals surface area contributed by atoms with Crippen molar-refractivity contribution in [2.24, 2.45) is 0 Å².